The van der Waals surface area contributed by atoms with Crippen molar-refractivity contribution in [3.8, 4) is 11.5 Å². The van der Waals surface area contributed by atoms with Crippen molar-refractivity contribution < 1.29 is 19.0 Å². The quantitative estimate of drug-likeness (QED) is 0.626. The molecule has 7 heteroatoms. The number of halogens is 2. The minimum atomic E-state index is -0.701. The third-order valence-corrected chi connectivity index (χ3v) is 3.81. The van der Waals surface area contributed by atoms with Gasteiger partial charge in [0.15, 0.2) is 0 Å². The van der Waals surface area contributed by atoms with Gasteiger partial charge in [0, 0.05) is 10.0 Å². The first-order valence-corrected chi connectivity index (χ1v) is 8.62. The summed E-state index contributed by atoms with van der Waals surface area (Å²) in [6.07, 6.45) is -0.612. The van der Waals surface area contributed by atoms with Crippen molar-refractivity contribution in [2.24, 2.45) is 0 Å². The molecular weight excluding hydrogens is 377 g/mol. The van der Waals surface area contributed by atoms with Crippen LogP contribution in [0.2, 0.25) is 10.0 Å². The summed E-state index contributed by atoms with van der Waals surface area (Å²) in [5.41, 5.74) is 0.122. The Morgan fingerprint density at radius 2 is 1.31 bits per heavy atom. The molecule has 0 bridgehead atoms. The summed E-state index contributed by atoms with van der Waals surface area (Å²) >= 11 is 12.3. The number of rotatable bonds is 4. The summed E-state index contributed by atoms with van der Waals surface area (Å²) in [5.74, 6) is 0.893. The number of ether oxygens (including phenoxy) is 3. The van der Waals surface area contributed by atoms with Crippen LogP contribution in [0.3, 0.4) is 0 Å². The zero-order valence-corrected chi connectivity index (χ0v) is 16.8. The molecule has 0 saturated carbocycles. The largest absolute Gasteiger partial charge is 0.495 e. The van der Waals surface area contributed by atoms with Crippen LogP contribution in [-0.2, 0) is 4.74 Å². The molecule has 0 spiro atoms. The van der Waals surface area contributed by atoms with Gasteiger partial charge >= 0.3 is 6.09 Å². The Morgan fingerprint density at radius 1 is 0.885 bits per heavy atom. The van der Waals surface area contributed by atoms with Crippen LogP contribution >= 0.6 is 23.2 Å². The highest BCUT2D eigenvalue weighted by Gasteiger charge is 2.29. The standard InChI is InChI=1S/C19H21Cl2NO4/c1-19(2,3)26-18(23)22(14-10-12(20)6-8-16(14)24-4)15-11-13(21)7-9-17(15)25-5/h6-11H,1-5H3. The maximum absolute atomic E-state index is 13.0. The fourth-order valence-corrected chi connectivity index (χ4v) is 2.64. The van der Waals surface area contributed by atoms with Gasteiger partial charge in [0.05, 0.1) is 25.6 Å². The summed E-state index contributed by atoms with van der Waals surface area (Å²) in [6, 6.07) is 9.92. The van der Waals surface area contributed by atoms with E-state index in [1.54, 1.807) is 57.2 Å². The first-order valence-electron chi connectivity index (χ1n) is 7.86. The molecule has 0 aliphatic heterocycles. The molecule has 0 saturated heterocycles. The van der Waals surface area contributed by atoms with E-state index in [0.717, 1.165) is 0 Å². The van der Waals surface area contributed by atoms with Crippen LogP contribution < -0.4 is 14.4 Å². The number of hydrogen-bond acceptors (Lipinski definition) is 4. The average molecular weight is 398 g/mol. The van der Waals surface area contributed by atoms with E-state index in [0.29, 0.717) is 32.9 Å². The van der Waals surface area contributed by atoms with Crippen LogP contribution in [-0.4, -0.2) is 25.9 Å². The average Bonchev–Trinajstić information content (AvgIpc) is 2.54. The smallest absolute Gasteiger partial charge is 0.419 e. The Balaban J connectivity index is 2.70. The van der Waals surface area contributed by atoms with Crippen LogP contribution in [0.25, 0.3) is 0 Å². The van der Waals surface area contributed by atoms with Crippen molar-refractivity contribution >= 4 is 40.7 Å². The van der Waals surface area contributed by atoms with Crippen molar-refractivity contribution in [3.05, 3.63) is 46.4 Å². The van der Waals surface area contributed by atoms with E-state index in [-0.39, 0.29) is 0 Å². The van der Waals surface area contributed by atoms with Crippen LogP contribution in [0.5, 0.6) is 11.5 Å². The summed E-state index contributed by atoms with van der Waals surface area (Å²) in [7, 11) is 3.02. The highest BCUT2D eigenvalue weighted by atomic mass is 35.5. The van der Waals surface area contributed by atoms with E-state index in [1.807, 2.05) is 0 Å². The highest BCUT2D eigenvalue weighted by molar-refractivity contribution is 6.31. The number of benzene rings is 2. The molecule has 1 amide bonds. The molecule has 0 N–H and O–H groups in total. The molecule has 0 aliphatic carbocycles. The zero-order valence-electron chi connectivity index (χ0n) is 15.3. The maximum Gasteiger partial charge on any atom is 0.419 e. The third kappa shape index (κ3) is 4.74. The van der Waals surface area contributed by atoms with Crippen LogP contribution in [0.15, 0.2) is 36.4 Å². The molecule has 0 atom stereocenters. The SMILES string of the molecule is COc1ccc(Cl)cc1N(C(=O)OC(C)(C)C)c1cc(Cl)ccc1OC. The van der Waals surface area contributed by atoms with Crippen molar-refractivity contribution in [2.45, 2.75) is 26.4 Å². The van der Waals surface area contributed by atoms with Gasteiger partial charge in [-0.1, -0.05) is 23.2 Å². The number of nitrogens with zero attached hydrogens (tertiary/aromatic N) is 1. The number of carbonyl (C=O) groups is 1. The molecular formula is C19H21Cl2NO4. The lowest BCUT2D eigenvalue weighted by molar-refractivity contribution is 0.0597. The maximum atomic E-state index is 13.0. The Kier molecular flexibility index (Phi) is 6.26. The predicted molar refractivity (Wildman–Crippen MR) is 104 cm³/mol. The molecule has 0 radical (unpaired) electrons. The fourth-order valence-electron chi connectivity index (χ4n) is 2.31. The third-order valence-electron chi connectivity index (χ3n) is 3.34. The molecule has 5 nitrogen and oxygen atoms in total. The highest BCUT2D eigenvalue weighted by Crippen LogP contribution is 2.41. The number of carbonyl (C=O) groups excluding carboxylic acids is 1. The predicted octanol–water partition coefficient (Wildman–Crippen LogP) is 6.08. The molecule has 0 aromatic heterocycles. The molecule has 26 heavy (non-hydrogen) atoms. The van der Waals surface area contributed by atoms with Gasteiger partial charge in [-0.2, -0.15) is 0 Å². The minimum Gasteiger partial charge on any atom is -0.495 e. The number of hydrogen-bond donors (Lipinski definition) is 0. The van der Waals surface area contributed by atoms with Crippen molar-refractivity contribution in [1.82, 2.24) is 0 Å². The lowest BCUT2D eigenvalue weighted by Gasteiger charge is -2.29. The molecule has 2 rings (SSSR count). The first-order chi connectivity index (χ1) is 12.2. The van der Waals surface area contributed by atoms with Crippen molar-refractivity contribution in [1.29, 1.82) is 0 Å². The van der Waals surface area contributed by atoms with Gasteiger partial charge in [-0.05, 0) is 57.2 Å². The summed E-state index contributed by atoms with van der Waals surface area (Å²) < 4.78 is 16.4. The Bertz CT molecular complexity index is 749. The molecule has 0 unspecified atom stereocenters. The van der Waals surface area contributed by atoms with Gasteiger partial charge in [0.2, 0.25) is 0 Å². The van der Waals surface area contributed by atoms with E-state index in [1.165, 1.54) is 19.1 Å². The zero-order chi connectivity index (χ0) is 19.5. The molecule has 0 heterocycles. The second kappa shape index (κ2) is 8.06. The summed E-state index contributed by atoms with van der Waals surface area (Å²) in [6.45, 7) is 5.36. The second-order valence-electron chi connectivity index (χ2n) is 6.45. The van der Waals surface area contributed by atoms with Gasteiger partial charge in [0.1, 0.15) is 17.1 Å². The van der Waals surface area contributed by atoms with E-state index in [2.05, 4.69) is 0 Å². The number of methoxy groups -OCH3 is 2. The fraction of sp³-hybridized carbons (Fsp3) is 0.316. The van der Waals surface area contributed by atoms with Gasteiger partial charge in [0.25, 0.3) is 0 Å². The van der Waals surface area contributed by atoms with E-state index < -0.39 is 11.7 Å². The molecule has 2 aromatic carbocycles. The summed E-state index contributed by atoms with van der Waals surface area (Å²) in [5, 5.41) is 0.880. The van der Waals surface area contributed by atoms with E-state index in [9.17, 15) is 4.79 Å². The van der Waals surface area contributed by atoms with Crippen LogP contribution in [0.1, 0.15) is 20.8 Å². The van der Waals surface area contributed by atoms with Gasteiger partial charge in [-0.25, -0.2) is 9.69 Å². The molecule has 0 fully saturated rings. The topological polar surface area (TPSA) is 48.0 Å². The van der Waals surface area contributed by atoms with Gasteiger partial charge in [-0.3, -0.25) is 0 Å². The van der Waals surface area contributed by atoms with Crippen LogP contribution in [0.4, 0.5) is 16.2 Å². The van der Waals surface area contributed by atoms with Crippen molar-refractivity contribution in [3.63, 3.8) is 0 Å². The monoisotopic (exact) mass is 397 g/mol. The molecule has 140 valence electrons. The molecule has 0 aliphatic rings. The normalized spacial score (nSPS) is 11.0. The van der Waals surface area contributed by atoms with Gasteiger partial charge in [-0.15, -0.1) is 0 Å². The summed E-state index contributed by atoms with van der Waals surface area (Å²) in [4.78, 5) is 14.4. The number of amides is 1. The Morgan fingerprint density at radius 3 is 1.65 bits per heavy atom. The van der Waals surface area contributed by atoms with E-state index in [4.69, 9.17) is 37.4 Å². The van der Waals surface area contributed by atoms with E-state index >= 15 is 0 Å². The lowest BCUT2D eigenvalue weighted by Crippen LogP contribution is -2.34. The molecule has 2 aromatic rings. The minimum absolute atomic E-state index is 0.412. The van der Waals surface area contributed by atoms with Gasteiger partial charge < -0.3 is 14.2 Å². The first kappa shape index (κ1) is 20.2. The number of anilines is 2. The lowest BCUT2D eigenvalue weighted by atomic mass is 10.2. The second-order valence-corrected chi connectivity index (χ2v) is 7.32. The Hall–Kier alpha value is -2.11. The van der Waals surface area contributed by atoms with Crippen LogP contribution in [0, 0.1) is 0 Å². The van der Waals surface area contributed by atoms with Crippen molar-refractivity contribution in [2.75, 3.05) is 19.1 Å². The Labute approximate surface area is 163 Å².